The summed E-state index contributed by atoms with van der Waals surface area (Å²) in [4.78, 5) is 14.5. The van der Waals surface area contributed by atoms with Crippen molar-refractivity contribution in [1.29, 1.82) is 0 Å². The number of hydrogen-bond donors (Lipinski definition) is 2. The van der Waals surface area contributed by atoms with Gasteiger partial charge in [0, 0.05) is 26.2 Å². The van der Waals surface area contributed by atoms with Crippen LogP contribution >= 0.6 is 0 Å². The molecule has 2 N–H and O–H groups in total. The Morgan fingerprint density at radius 3 is 2.59 bits per heavy atom. The second-order valence-corrected chi connectivity index (χ2v) is 7.37. The van der Waals surface area contributed by atoms with Crippen molar-refractivity contribution in [2.45, 2.75) is 32.9 Å². The van der Waals surface area contributed by atoms with Crippen LogP contribution in [0.5, 0.6) is 11.5 Å². The molecule has 0 aromatic heterocycles. The molecule has 0 unspecified atom stereocenters. The third-order valence-corrected chi connectivity index (χ3v) is 5.37. The quantitative estimate of drug-likeness (QED) is 0.751. The number of fused-ring (bicyclic) bond motifs is 1. The molecular weight excluding hydrogens is 366 g/mol. The van der Waals surface area contributed by atoms with Gasteiger partial charge in [0.25, 0.3) is 0 Å². The number of ether oxygens (including phenoxy) is 2. The van der Waals surface area contributed by atoms with E-state index < -0.39 is 0 Å². The van der Waals surface area contributed by atoms with Crippen molar-refractivity contribution in [2.24, 2.45) is 0 Å². The minimum absolute atomic E-state index is 0.0571. The van der Waals surface area contributed by atoms with Crippen LogP contribution in [0.3, 0.4) is 0 Å². The lowest BCUT2D eigenvalue weighted by Crippen LogP contribution is -2.44. The van der Waals surface area contributed by atoms with Crippen LogP contribution in [-0.4, -0.2) is 44.8 Å². The number of methoxy groups -OCH3 is 2. The monoisotopic (exact) mass is 397 g/mol. The molecule has 1 heterocycles. The number of aryl methyl sites for hydroxylation is 1. The number of nitrogens with one attached hydrogen (secondary N) is 2. The summed E-state index contributed by atoms with van der Waals surface area (Å²) in [7, 11) is 3.31. The van der Waals surface area contributed by atoms with Crippen molar-refractivity contribution in [3.63, 3.8) is 0 Å². The van der Waals surface area contributed by atoms with Crippen molar-refractivity contribution < 1.29 is 14.3 Å². The Balaban J connectivity index is 1.91. The van der Waals surface area contributed by atoms with Gasteiger partial charge in [0.2, 0.25) is 0 Å². The van der Waals surface area contributed by atoms with E-state index in [0.29, 0.717) is 18.8 Å². The summed E-state index contributed by atoms with van der Waals surface area (Å²) in [5.74, 6) is 1.46. The van der Waals surface area contributed by atoms with Crippen LogP contribution in [0.15, 0.2) is 36.4 Å². The normalized spacial score (nSPS) is 16.1. The maximum absolute atomic E-state index is 12.0. The number of carbonyl (C=O) groups is 1. The van der Waals surface area contributed by atoms with Crippen molar-refractivity contribution in [3.05, 3.63) is 58.7 Å². The van der Waals surface area contributed by atoms with Crippen LogP contribution in [0.25, 0.3) is 0 Å². The van der Waals surface area contributed by atoms with Gasteiger partial charge in [0.05, 0.1) is 20.3 Å². The largest absolute Gasteiger partial charge is 0.493 e. The van der Waals surface area contributed by atoms with Gasteiger partial charge in [-0.25, -0.2) is 4.79 Å². The summed E-state index contributed by atoms with van der Waals surface area (Å²) in [5, 5.41) is 5.83. The predicted molar refractivity (Wildman–Crippen MR) is 115 cm³/mol. The zero-order valence-electron chi connectivity index (χ0n) is 17.7. The topological polar surface area (TPSA) is 62.8 Å². The molecule has 0 fully saturated rings. The average Bonchev–Trinajstić information content (AvgIpc) is 2.72. The highest BCUT2D eigenvalue weighted by Crippen LogP contribution is 2.38. The molecule has 0 radical (unpaired) electrons. The van der Waals surface area contributed by atoms with E-state index >= 15 is 0 Å². The summed E-state index contributed by atoms with van der Waals surface area (Å²) in [6, 6.07) is 12.6. The standard InChI is InChI=1S/C23H31N3O3/c1-5-24-23(27)25-14-20-19-13-22(29-4)21(28-3)12-18(19)9-10-26(20)15-17-8-6-7-16(2)11-17/h6-8,11-13,20H,5,9-10,14-15H2,1-4H3,(H2,24,25,27)/t20-/m0/s1. The molecule has 0 spiro atoms. The number of benzene rings is 2. The third-order valence-electron chi connectivity index (χ3n) is 5.37. The van der Waals surface area contributed by atoms with Gasteiger partial charge < -0.3 is 20.1 Å². The van der Waals surface area contributed by atoms with E-state index in [1.165, 1.54) is 22.3 Å². The van der Waals surface area contributed by atoms with Crippen molar-refractivity contribution >= 4 is 6.03 Å². The molecule has 2 amide bonds. The highest BCUT2D eigenvalue weighted by molar-refractivity contribution is 5.73. The van der Waals surface area contributed by atoms with Crippen LogP contribution in [0.2, 0.25) is 0 Å². The first-order valence-electron chi connectivity index (χ1n) is 10.1. The van der Waals surface area contributed by atoms with Gasteiger partial charge in [0.1, 0.15) is 0 Å². The Labute approximate surface area is 173 Å². The van der Waals surface area contributed by atoms with Crippen molar-refractivity contribution in [1.82, 2.24) is 15.5 Å². The van der Waals surface area contributed by atoms with E-state index in [1.54, 1.807) is 14.2 Å². The first-order valence-corrected chi connectivity index (χ1v) is 10.1. The Morgan fingerprint density at radius 2 is 1.90 bits per heavy atom. The molecule has 156 valence electrons. The zero-order chi connectivity index (χ0) is 20.8. The zero-order valence-corrected chi connectivity index (χ0v) is 17.7. The minimum Gasteiger partial charge on any atom is -0.493 e. The summed E-state index contributed by atoms with van der Waals surface area (Å²) in [6.07, 6.45) is 0.930. The van der Waals surface area contributed by atoms with Crippen LogP contribution in [-0.2, 0) is 13.0 Å². The molecule has 29 heavy (non-hydrogen) atoms. The lowest BCUT2D eigenvalue weighted by Gasteiger charge is -2.38. The molecule has 0 saturated carbocycles. The van der Waals surface area contributed by atoms with Gasteiger partial charge in [-0.1, -0.05) is 29.8 Å². The van der Waals surface area contributed by atoms with Crippen LogP contribution in [0, 0.1) is 6.92 Å². The van der Waals surface area contributed by atoms with Crippen molar-refractivity contribution in [2.75, 3.05) is 33.9 Å². The fraction of sp³-hybridized carbons (Fsp3) is 0.435. The lowest BCUT2D eigenvalue weighted by molar-refractivity contribution is 0.170. The first-order chi connectivity index (χ1) is 14.0. The second kappa shape index (κ2) is 9.65. The number of amides is 2. The van der Waals surface area contributed by atoms with E-state index in [9.17, 15) is 4.79 Å². The van der Waals surface area contributed by atoms with Crippen LogP contribution < -0.4 is 20.1 Å². The van der Waals surface area contributed by atoms with Gasteiger partial charge in [-0.15, -0.1) is 0 Å². The molecule has 0 aliphatic carbocycles. The average molecular weight is 398 g/mol. The third kappa shape index (κ3) is 5.01. The van der Waals surface area contributed by atoms with Crippen LogP contribution in [0.1, 0.15) is 35.2 Å². The second-order valence-electron chi connectivity index (χ2n) is 7.37. The van der Waals surface area contributed by atoms with E-state index in [-0.39, 0.29) is 12.1 Å². The Morgan fingerprint density at radius 1 is 1.14 bits per heavy atom. The number of urea groups is 1. The molecular formula is C23H31N3O3. The molecule has 0 saturated heterocycles. The van der Waals surface area contributed by atoms with Gasteiger partial charge >= 0.3 is 6.03 Å². The highest BCUT2D eigenvalue weighted by Gasteiger charge is 2.29. The number of nitrogens with zero attached hydrogens (tertiary/aromatic N) is 1. The molecule has 3 rings (SSSR count). The SMILES string of the molecule is CCNC(=O)NC[C@H]1c2cc(OC)c(OC)cc2CCN1Cc1cccc(C)c1. The fourth-order valence-electron chi connectivity index (χ4n) is 3.97. The smallest absolute Gasteiger partial charge is 0.314 e. The van der Waals surface area contributed by atoms with Gasteiger partial charge in [-0.05, 0) is 49.1 Å². The van der Waals surface area contributed by atoms with E-state index in [0.717, 1.165) is 25.3 Å². The highest BCUT2D eigenvalue weighted by atomic mass is 16.5. The van der Waals surface area contributed by atoms with Crippen molar-refractivity contribution in [3.8, 4) is 11.5 Å². The van der Waals surface area contributed by atoms with Crippen LogP contribution in [0.4, 0.5) is 4.79 Å². The fourth-order valence-corrected chi connectivity index (χ4v) is 3.97. The minimum atomic E-state index is -0.143. The Hall–Kier alpha value is -2.73. The molecule has 2 aromatic rings. The first kappa shape index (κ1) is 21.0. The van der Waals surface area contributed by atoms with Gasteiger partial charge in [-0.2, -0.15) is 0 Å². The molecule has 0 bridgehead atoms. The molecule has 6 heteroatoms. The van der Waals surface area contributed by atoms with E-state index in [1.807, 2.05) is 6.92 Å². The number of hydrogen-bond acceptors (Lipinski definition) is 4. The van der Waals surface area contributed by atoms with Gasteiger partial charge in [-0.3, -0.25) is 4.90 Å². The van der Waals surface area contributed by atoms with E-state index in [2.05, 4.69) is 58.9 Å². The number of rotatable bonds is 7. The molecule has 6 nitrogen and oxygen atoms in total. The Kier molecular flexibility index (Phi) is 6.99. The maximum atomic E-state index is 12.0. The summed E-state index contributed by atoms with van der Waals surface area (Å²) < 4.78 is 11.0. The predicted octanol–water partition coefficient (Wildman–Crippen LogP) is 3.43. The molecule has 2 aromatic carbocycles. The Bertz CT molecular complexity index is 853. The number of carbonyl (C=O) groups excluding carboxylic acids is 1. The van der Waals surface area contributed by atoms with E-state index in [4.69, 9.17) is 9.47 Å². The van der Waals surface area contributed by atoms with Gasteiger partial charge in [0.15, 0.2) is 11.5 Å². The summed E-state index contributed by atoms with van der Waals surface area (Å²) in [5.41, 5.74) is 4.95. The molecule has 1 aliphatic rings. The summed E-state index contributed by atoms with van der Waals surface area (Å²) in [6.45, 7) is 6.90. The molecule has 1 aliphatic heterocycles. The molecule has 1 atom stereocenters. The summed E-state index contributed by atoms with van der Waals surface area (Å²) >= 11 is 0. The maximum Gasteiger partial charge on any atom is 0.314 e. The lowest BCUT2D eigenvalue weighted by atomic mass is 9.91.